The van der Waals surface area contributed by atoms with Crippen molar-refractivity contribution in [3.63, 3.8) is 0 Å². The maximum absolute atomic E-state index is 13.6. The van der Waals surface area contributed by atoms with Gasteiger partial charge >= 0.3 is 0 Å². The molecular formula is C21H15FN4O. The lowest BCUT2D eigenvalue weighted by Gasteiger charge is -2.10. The molecule has 4 rings (SSSR count). The molecule has 0 radical (unpaired) electrons. The Morgan fingerprint density at radius 1 is 1.19 bits per heavy atom. The van der Waals surface area contributed by atoms with E-state index in [-0.39, 0.29) is 5.82 Å². The van der Waals surface area contributed by atoms with Crippen LogP contribution >= 0.6 is 0 Å². The van der Waals surface area contributed by atoms with Crippen LogP contribution in [0.3, 0.4) is 0 Å². The Morgan fingerprint density at radius 3 is 2.81 bits per heavy atom. The number of H-pyrrole nitrogens is 1. The summed E-state index contributed by atoms with van der Waals surface area (Å²) in [4.78, 5) is 16.1. The molecule has 132 valence electrons. The second kappa shape index (κ2) is 6.84. The highest BCUT2D eigenvalue weighted by Crippen LogP contribution is 2.31. The lowest BCUT2D eigenvalue weighted by atomic mass is 10.1. The molecule has 0 unspecified atom stereocenters. The maximum atomic E-state index is 13.6. The molecule has 0 amide bonds. The van der Waals surface area contributed by atoms with Gasteiger partial charge in [0.05, 0.1) is 12.0 Å². The normalized spacial score (nSPS) is 10.7. The highest BCUT2D eigenvalue weighted by molar-refractivity contribution is 5.90. The third kappa shape index (κ3) is 3.20. The summed E-state index contributed by atoms with van der Waals surface area (Å²) in [6.07, 6.45) is 4.42. The van der Waals surface area contributed by atoms with Gasteiger partial charge in [-0.3, -0.25) is 0 Å². The van der Waals surface area contributed by atoms with Crippen LogP contribution in [0.4, 0.5) is 4.39 Å². The molecule has 0 bridgehead atoms. The minimum atomic E-state index is -0.297. The predicted octanol–water partition coefficient (Wildman–Crippen LogP) is 4.96. The van der Waals surface area contributed by atoms with Crippen molar-refractivity contribution in [3.05, 3.63) is 85.9 Å². The summed E-state index contributed by atoms with van der Waals surface area (Å²) < 4.78 is 18.9. The number of benzene rings is 1. The van der Waals surface area contributed by atoms with Crippen molar-refractivity contribution in [2.45, 2.75) is 0 Å². The van der Waals surface area contributed by atoms with Crippen molar-refractivity contribution >= 4 is 16.8 Å². The predicted molar refractivity (Wildman–Crippen MR) is 103 cm³/mol. The zero-order valence-corrected chi connectivity index (χ0v) is 14.3. The van der Waals surface area contributed by atoms with Crippen molar-refractivity contribution in [2.24, 2.45) is 0 Å². The Bertz CT molecular complexity index is 1150. The molecule has 0 atom stereocenters. The highest BCUT2D eigenvalue weighted by atomic mass is 19.1. The fourth-order valence-corrected chi connectivity index (χ4v) is 2.88. The monoisotopic (exact) mass is 358 g/mol. The minimum Gasteiger partial charge on any atom is -0.464 e. The molecule has 0 aliphatic carbocycles. The standard InChI is InChI=1S/C21H15FN4O/c1-3-27-13(2)20-17(18-7-8-23-12-24-18)10-15-11-19(25-21(15)26-20)14-5-4-6-16(22)9-14/h3-12H,1-2H2,(H,25,26). The molecule has 3 aromatic heterocycles. The van der Waals surface area contributed by atoms with E-state index in [2.05, 4.69) is 33.1 Å². The topological polar surface area (TPSA) is 63.7 Å². The number of hydrogen-bond donors (Lipinski definition) is 1. The van der Waals surface area contributed by atoms with Crippen LogP contribution < -0.4 is 0 Å². The number of rotatable bonds is 5. The lowest BCUT2D eigenvalue weighted by molar-refractivity contribution is 0.438. The van der Waals surface area contributed by atoms with Crippen LogP contribution in [-0.2, 0) is 4.74 Å². The average molecular weight is 358 g/mol. The van der Waals surface area contributed by atoms with Gasteiger partial charge < -0.3 is 9.72 Å². The molecule has 0 spiro atoms. The number of fused-ring (bicyclic) bond motifs is 1. The number of ether oxygens (including phenoxy) is 1. The third-order valence-electron chi connectivity index (χ3n) is 4.09. The maximum Gasteiger partial charge on any atom is 0.145 e. The Labute approximate surface area is 154 Å². The fourth-order valence-electron chi connectivity index (χ4n) is 2.88. The second-order valence-electron chi connectivity index (χ2n) is 5.82. The molecule has 27 heavy (non-hydrogen) atoms. The van der Waals surface area contributed by atoms with E-state index in [1.54, 1.807) is 18.3 Å². The first-order chi connectivity index (χ1) is 13.2. The van der Waals surface area contributed by atoms with Gasteiger partial charge in [-0.2, -0.15) is 0 Å². The Kier molecular flexibility index (Phi) is 4.22. The second-order valence-corrected chi connectivity index (χ2v) is 5.82. The Balaban J connectivity index is 1.91. The van der Waals surface area contributed by atoms with E-state index in [0.717, 1.165) is 22.2 Å². The lowest BCUT2D eigenvalue weighted by Crippen LogP contribution is -1.97. The van der Waals surface area contributed by atoms with E-state index in [1.165, 1.54) is 24.7 Å². The van der Waals surface area contributed by atoms with E-state index in [9.17, 15) is 4.39 Å². The molecule has 5 nitrogen and oxygen atoms in total. The Morgan fingerprint density at radius 2 is 2.07 bits per heavy atom. The molecule has 1 aromatic carbocycles. The van der Waals surface area contributed by atoms with E-state index in [1.807, 2.05) is 18.2 Å². The summed E-state index contributed by atoms with van der Waals surface area (Å²) in [5.41, 5.74) is 4.11. The van der Waals surface area contributed by atoms with Gasteiger partial charge in [-0.15, -0.1) is 0 Å². The van der Waals surface area contributed by atoms with E-state index < -0.39 is 0 Å². The van der Waals surface area contributed by atoms with Crippen molar-refractivity contribution in [2.75, 3.05) is 0 Å². The quantitative estimate of drug-likeness (QED) is 0.512. The minimum absolute atomic E-state index is 0.297. The average Bonchev–Trinajstić information content (AvgIpc) is 3.11. The first kappa shape index (κ1) is 16.7. The van der Waals surface area contributed by atoms with Crippen LogP contribution in [0.2, 0.25) is 0 Å². The smallest absolute Gasteiger partial charge is 0.145 e. The molecule has 0 fully saturated rings. The number of nitrogens with zero attached hydrogens (tertiary/aromatic N) is 3. The number of pyridine rings is 1. The summed E-state index contributed by atoms with van der Waals surface area (Å²) in [7, 11) is 0. The van der Waals surface area contributed by atoms with Gasteiger partial charge in [0.15, 0.2) is 0 Å². The van der Waals surface area contributed by atoms with Gasteiger partial charge in [0.2, 0.25) is 0 Å². The summed E-state index contributed by atoms with van der Waals surface area (Å²) in [5.74, 6) is 0.0525. The summed E-state index contributed by atoms with van der Waals surface area (Å²) in [6.45, 7) is 7.48. The van der Waals surface area contributed by atoms with Gasteiger partial charge in [-0.25, -0.2) is 19.3 Å². The molecule has 0 saturated carbocycles. The van der Waals surface area contributed by atoms with Gasteiger partial charge in [0.1, 0.15) is 29.2 Å². The molecule has 0 aliphatic heterocycles. The number of hydrogen-bond acceptors (Lipinski definition) is 4. The van der Waals surface area contributed by atoms with Crippen LogP contribution in [-0.4, -0.2) is 19.9 Å². The molecular weight excluding hydrogens is 343 g/mol. The molecule has 1 N–H and O–H groups in total. The van der Waals surface area contributed by atoms with Crippen molar-refractivity contribution in [1.82, 2.24) is 19.9 Å². The molecule has 0 saturated heterocycles. The first-order valence-electron chi connectivity index (χ1n) is 8.18. The largest absolute Gasteiger partial charge is 0.464 e. The van der Waals surface area contributed by atoms with Crippen molar-refractivity contribution < 1.29 is 9.13 Å². The van der Waals surface area contributed by atoms with Crippen LogP contribution in [0.15, 0.2) is 74.4 Å². The van der Waals surface area contributed by atoms with Gasteiger partial charge in [-0.1, -0.05) is 25.3 Å². The zero-order chi connectivity index (χ0) is 18.8. The third-order valence-corrected chi connectivity index (χ3v) is 4.09. The van der Waals surface area contributed by atoms with E-state index in [0.29, 0.717) is 22.8 Å². The number of aromatic amines is 1. The van der Waals surface area contributed by atoms with Gasteiger partial charge in [0.25, 0.3) is 0 Å². The molecule has 4 aromatic rings. The van der Waals surface area contributed by atoms with Crippen LogP contribution in [0.25, 0.3) is 39.3 Å². The summed E-state index contributed by atoms with van der Waals surface area (Å²) in [5, 5.41) is 0.859. The number of halogens is 1. The summed E-state index contributed by atoms with van der Waals surface area (Å²) >= 11 is 0. The van der Waals surface area contributed by atoms with Crippen LogP contribution in [0.1, 0.15) is 5.69 Å². The van der Waals surface area contributed by atoms with Gasteiger partial charge in [0, 0.05) is 28.4 Å². The number of aromatic nitrogens is 4. The van der Waals surface area contributed by atoms with Gasteiger partial charge in [-0.05, 0) is 30.3 Å². The molecule has 6 heteroatoms. The van der Waals surface area contributed by atoms with Crippen LogP contribution in [0.5, 0.6) is 0 Å². The highest BCUT2D eigenvalue weighted by Gasteiger charge is 2.16. The Hall–Kier alpha value is -3.80. The molecule has 0 aliphatic rings. The first-order valence-corrected chi connectivity index (χ1v) is 8.18. The fraction of sp³-hybridized carbons (Fsp3) is 0. The van der Waals surface area contributed by atoms with E-state index >= 15 is 0 Å². The SMILES string of the molecule is C=COC(=C)c1nc2[nH]c(-c3cccc(F)c3)cc2cc1-c1ccncn1. The van der Waals surface area contributed by atoms with Crippen molar-refractivity contribution in [3.8, 4) is 22.5 Å². The molecule has 3 heterocycles. The zero-order valence-electron chi connectivity index (χ0n) is 14.3. The van der Waals surface area contributed by atoms with E-state index in [4.69, 9.17) is 4.74 Å². The summed E-state index contributed by atoms with van der Waals surface area (Å²) in [6, 6.07) is 12.0. The number of nitrogens with one attached hydrogen (secondary N) is 1. The van der Waals surface area contributed by atoms with Crippen molar-refractivity contribution in [1.29, 1.82) is 0 Å². The van der Waals surface area contributed by atoms with Crippen LogP contribution in [0, 0.1) is 5.82 Å².